The van der Waals surface area contributed by atoms with Crippen LogP contribution in [0.15, 0.2) is 47.5 Å². The quantitative estimate of drug-likeness (QED) is 0.926. The van der Waals surface area contributed by atoms with Gasteiger partial charge in [-0.25, -0.2) is 0 Å². The molecule has 0 atom stereocenters. The molecule has 0 fully saturated rings. The average molecular weight is 264 g/mol. The zero-order valence-corrected chi connectivity index (χ0v) is 9.61. The highest BCUT2D eigenvalue weighted by atomic mass is 79.9. The summed E-state index contributed by atoms with van der Waals surface area (Å²) in [6, 6.07) is 5.96. The number of aromatic nitrogens is 2. The van der Waals surface area contributed by atoms with Gasteiger partial charge in [-0.2, -0.15) is 0 Å². The second kappa shape index (κ2) is 4.89. The summed E-state index contributed by atoms with van der Waals surface area (Å²) < 4.78 is 0.974. The van der Waals surface area contributed by atoms with E-state index in [0.717, 1.165) is 16.7 Å². The Bertz CT molecular complexity index is 431. The van der Waals surface area contributed by atoms with Crippen LogP contribution in [0.3, 0.4) is 0 Å². The van der Waals surface area contributed by atoms with E-state index in [2.05, 4.69) is 31.2 Å². The molecular weight excluding hydrogens is 254 g/mol. The zero-order valence-electron chi connectivity index (χ0n) is 8.02. The molecule has 3 nitrogen and oxygen atoms in total. The van der Waals surface area contributed by atoms with Gasteiger partial charge in [0.2, 0.25) is 0 Å². The lowest BCUT2D eigenvalue weighted by atomic mass is 10.2. The number of rotatable bonds is 3. The van der Waals surface area contributed by atoms with Crippen molar-refractivity contribution in [2.45, 2.75) is 6.54 Å². The lowest BCUT2D eigenvalue weighted by Crippen LogP contribution is -1.99. The van der Waals surface area contributed by atoms with Crippen molar-refractivity contribution in [1.82, 2.24) is 9.97 Å². The van der Waals surface area contributed by atoms with Crippen LogP contribution >= 0.6 is 15.9 Å². The smallest absolute Gasteiger partial charge is 0.0540 e. The fourth-order valence-corrected chi connectivity index (χ4v) is 1.58. The summed E-state index contributed by atoms with van der Waals surface area (Å²) in [5.74, 6) is 0. The molecule has 0 aromatic carbocycles. The summed E-state index contributed by atoms with van der Waals surface area (Å²) in [6.45, 7) is 0.778. The first-order chi connectivity index (χ1) is 7.34. The third-order valence-electron chi connectivity index (χ3n) is 1.95. The van der Waals surface area contributed by atoms with Crippen molar-refractivity contribution in [3.05, 3.63) is 53.0 Å². The molecule has 0 aliphatic carbocycles. The van der Waals surface area contributed by atoms with Crippen molar-refractivity contribution in [2.24, 2.45) is 0 Å². The van der Waals surface area contributed by atoms with Gasteiger partial charge in [-0.15, -0.1) is 0 Å². The molecule has 2 aromatic rings. The van der Waals surface area contributed by atoms with Gasteiger partial charge in [-0.3, -0.25) is 9.97 Å². The minimum atomic E-state index is 0.778. The Balaban J connectivity index is 1.99. The Morgan fingerprint density at radius 3 is 2.67 bits per heavy atom. The van der Waals surface area contributed by atoms with Gasteiger partial charge in [-0.1, -0.05) is 0 Å². The number of pyridine rings is 2. The molecule has 0 unspecified atom stereocenters. The summed E-state index contributed by atoms with van der Waals surface area (Å²) in [5.41, 5.74) is 2.20. The molecule has 0 saturated heterocycles. The maximum Gasteiger partial charge on any atom is 0.0540 e. The van der Waals surface area contributed by atoms with Crippen molar-refractivity contribution in [3.8, 4) is 0 Å². The van der Waals surface area contributed by atoms with E-state index < -0.39 is 0 Å². The lowest BCUT2D eigenvalue weighted by molar-refractivity contribution is 1.12. The largest absolute Gasteiger partial charge is 0.380 e. The Hall–Kier alpha value is -1.42. The minimum Gasteiger partial charge on any atom is -0.380 e. The van der Waals surface area contributed by atoms with Crippen LogP contribution in [0.4, 0.5) is 5.69 Å². The predicted molar refractivity (Wildman–Crippen MR) is 63.5 cm³/mol. The van der Waals surface area contributed by atoms with Crippen LogP contribution in [0.1, 0.15) is 5.56 Å². The molecular formula is C11H10BrN3. The lowest BCUT2D eigenvalue weighted by Gasteiger charge is -2.05. The van der Waals surface area contributed by atoms with Crippen LogP contribution in [0.25, 0.3) is 0 Å². The minimum absolute atomic E-state index is 0.778. The first-order valence-electron chi connectivity index (χ1n) is 4.58. The molecule has 0 amide bonds. The Kier molecular flexibility index (Phi) is 3.29. The molecule has 15 heavy (non-hydrogen) atoms. The van der Waals surface area contributed by atoms with Crippen molar-refractivity contribution in [1.29, 1.82) is 0 Å². The molecule has 2 aromatic heterocycles. The number of hydrogen-bond donors (Lipinski definition) is 1. The van der Waals surface area contributed by atoms with Crippen LogP contribution in [-0.4, -0.2) is 9.97 Å². The van der Waals surface area contributed by atoms with Gasteiger partial charge in [-0.05, 0) is 39.7 Å². The third kappa shape index (κ3) is 3.02. The van der Waals surface area contributed by atoms with Crippen LogP contribution in [-0.2, 0) is 6.54 Å². The van der Waals surface area contributed by atoms with E-state index in [-0.39, 0.29) is 0 Å². The maximum absolute atomic E-state index is 4.07. The molecule has 2 heterocycles. The van der Waals surface area contributed by atoms with E-state index in [1.54, 1.807) is 24.8 Å². The molecule has 0 radical (unpaired) electrons. The SMILES string of the molecule is Brc1cncc(NCc2ccncc2)c1. The maximum atomic E-state index is 4.07. The molecule has 4 heteroatoms. The number of nitrogens with zero attached hydrogens (tertiary/aromatic N) is 2. The van der Waals surface area contributed by atoms with Crippen molar-refractivity contribution in [2.75, 3.05) is 5.32 Å². The number of halogens is 1. The third-order valence-corrected chi connectivity index (χ3v) is 2.38. The normalized spacial score (nSPS) is 9.93. The van der Waals surface area contributed by atoms with E-state index in [1.807, 2.05) is 18.2 Å². The van der Waals surface area contributed by atoms with Crippen LogP contribution in [0.5, 0.6) is 0 Å². The summed E-state index contributed by atoms with van der Waals surface area (Å²) in [5, 5.41) is 3.28. The fourth-order valence-electron chi connectivity index (χ4n) is 1.21. The van der Waals surface area contributed by atoms with Crippen molar-refractivity contribution >= 4 is 21.6 Å². The molecule has 0 saturated carbocycles. The van der Waals surface area contributed by atoms with E-state index in [9.17, 15) is 0 Å². The number of nitrogens with one attached hydrogen (secondary N) is 1. The molecule has 0 bridgehead atoms. The van der Waals surface area contributed by atoms with Crippen molar-refractivity contribution < 1.29 is 0 Å². The van der Waals surface area contributed by atoms with Gasteiger partial charge in [0.05, 0.1) is 11.9 Å². The first kappa shape index (κ1) is 10.1. The second-order valence-electron chi connectivity index (χ2n) is 3.10. The number of anilines is 1. The molecule has 2 rings (SSSR count). The Labute approximate surface area is 96.7 Å². The molecule has 0 spiro atoms. The highest BCUT2D eigenvalue weighted by Gasteiger charge is 1.94. The predicted octanol–water partition coefficient (Wildman–Crippen LogP) is 2.85. The van der Waals surface area contributed by atoms with Crippen LogP contribution in [0, 0.1) is 0 Å². The Morgan fingerprint density at radius 1 is 1.13 bits per heavy atom. The summed E-state index contributed by atoms with van der Waals surface area (Å²) in [7, 11) is 0. The Morgan fingerprint density at radius 2 is 1.93 bits per heavy atom. The van der Waals surface area contributed by atoms with Crippen LogP contribution < -0.4 is 5.32 Å². The van der Waals surface area contributed by atoms with Gasteiger partial charge < -0.3 is 5.32 Å². The average Bonchev–Trinajstić information content (AvgIpc) is 2.28. The summed E-state index contributed by atoms with van der Waals surface area (Å²) in [6.07, 6.45) is 7.13. The van der Waals surface area contributed by atoms with Crippen LogP contribution in [0.2, 0.25) is 0 Å². The molecule has 0 aliphatic heterocycles. The van der Waals surface area contributed by atoms with Gasteiger partial charge in [0.25, 0.3) is 0 Å². The molecule has 0 aliphatic rings. The van der Waals surface area contributed by atoms with E-state index in [4.69, 9.17) is 0 Å². The van der Waals surface area contributed by atoms with E-state index in [0.29, 0.717) is 0 Å². The number of hydrogen-bond acceptors (Lipinski definition) is 3. The topological polar surface area (TPSA) is 37.8 Å². The van der Waals surface area contributed by atoms with Gasteiger partial charge in [0.1, 0.15) is 0 Å². The van der Waals surface area contributed by atoms with Gasteiger partial charge >= 0.3 is 0 Å². The van der Waals surface area contributed by atoms with Gasteiger partial charge in [0.15, 0.2) is 0 Å². The monoisotopic (exact) mass is 263 g/mol. The standard InChI is InChI=1S/C11H10BrN3/c12-10-5-11(8-14-7-10)15-6-9-1-3-13-4-2-9/h1-5,7-8,15H,6H2. The molecule has 1 N–H and O–H groups in total. The highest BCUT2D eigenvalue weighted by molar-refractivity contribution is 9.10. The second-order valence-corrected chi connectivity index (χ2v) is 4.02. The van der Waals surface area contributed by atoms with Crippen molar-refractivity contribution in [3.63, 3.8) is 0 Å². The van der Waals surface area contributed by atoms with E-state index in [1.165, 1.54) is 5.56 Å². The fraction of sp³-hybridized carbons (Fsp3) is 0.0909. The summed E-state index contributed by atoms with van der Waals surface area (Å²) in [4.78, 5) is 8.04. The highest BCUT2D eigenvalue weighted by Crippen LogP contribution is 2.14. The van der Waals surface area contributed by atoms with Gasteiger partial charge in [0, 0.05) is 29.6 Å². The van der Waals surface area contributed by atoms with E-state index >= 15 is 0 Å². The summed E-state index contributed by atoms with van der Waals surface area (Å²) >= 11 is 3.38. The molecule has 76 valence electrons. The zero-order chi connectivity index (χ0) is 10.5. The first-order valence-corrected chi connectivity index (χ1v) is 5.37.